The van der Waals surface area contributed by atoms with Crippen molar-refractivity contribution in [3.63, 3.8) is 0 Å². The highest BCUT2D eigenvalue weighted by Crippen LogP contribution is 2.16. The number of hydrogen-bond acceptors (Lipinski definition) is 3. The molecule has 0 bridgehead atoms. The molecule has 1 aliphatic rings. The zero-order chi connectivity index (χ0) is 14.4. The number of carbonyl (C=O) groups excluding carboxylic acids is 1. The van der Waals surface area contributed by atoms with Crippen LogP contribution in [0.2, 0.25) is 5.02 Å². The Hall–Kier alpha value is -1.26. The van der Waals surface area contributed by atoms with E-state index in [-0.39, 0.29) is 11.9 Å². The second kappa shape index (κ2) is 7.50. The van der Waals surface area contributed by atoms with Gasteiger partial charge in [0.05, 0.1) is 6.61 Å². The topological polar surface area (TPSA) is 55.6 Å². The third kappa shape index (κ3) is 4.69. The number of nitrogens with two attached hydrogens (primary N) is 1. The Labute approximate surface area is 124 Å². The zero-order valence-electron chi connectivity index (χ0n) is 11.6. The summed E-state index contributed by atoms with van der Waals surface area (Å²) in [6.07, 6.45) is 3.08. The van der Waals surface area contributed by atoms with Crippen LogP contribution in [0.25, 0.3) is 0 Å². The van der Waals surface area contributed by atoms with E-state index in [2.05, 4.69) is 0 Å². The lowest BCUT2D eigenvalue weighted by Gasteiger charge is -2.30. The van der Waals surface area contributed by atoms with Gasteiger partial charge in [-0.05, 0) is 43.5 Å². The number of ether oxygens (including phenoxy) is 1. The van der Waals surface area contributed by atoms with E-state index in [9.17, 15) is 4.79 Å². The van der Waals surface area contributed by atoms with Crippen molar-refractivity contribution in [2.75, 3.05) is 19.7 Å². The highest BCUT2D eigenvalue weighted by molar-refractivity contribution is 6.30. The molecule has 1 fully saturated rings. The van der Waals surface area contributed by atoms with Gasteiger partial charge in [0.15, 0.2) is 0 Å². The second-order valence-corrected chi connectivity index (χ2v) is 5.56. The van der Waals surface area contributed by atoms with E-state index in [1.54, 1.807) is 12.1 Å². The van der Waals surface area contributed by atoms with Gasteiger partial charge < -0.3 is 15.4 Å². The molecule has 20 heavy (non-hydrogen) atoms. The molecule has 1 aliphatic heterocycles. The summed E-state index contributed by atoms with van der Waals surface area (Å²) in [6.45, 7) is 2.12. The Balaban J connectivity index is 1.63. The first-order valence-electron chi connectivity index (χ1n) is 7.07. The summed E-state index contributed by atoms with van der Waals surface area (Å²) in [6, 6.07) is 7.50. The van der Waals surface area contributed by atoms with Crippen LogP contribution in [0.4, 0.5) is 0 Å². The standard InChI is InChI=1S/C15H21ClN2O2/c16-12-3-5-14(6-4-12)20-11-1-2-15(19)18-9-7-13(17)8-10-18/h3-6,13H,1-2,7-11,17H2. The first-order valence-corrected chi connectivity index (χ1v) is 7.44. The summed E-state index contributed by atoms with van der Waals surface area (Å²) < 4.78 is 5.57. The summed E-state index contributed by atoms with van der Waals surface area (Å²) >= 11 is 5.80. The van der Waals surface area contributed by atoms with Gasteiger partial charge in [0.2, 0.25) is 5.91 Å². The minimum atomic E-state index is 0.205. The Morgan fingerprint density at radius 1 is 1.30 bits per heavy atom. The molecule has 0 atom stereocenters. The molecule has 0 aromatic heterocycles. The lowest BCUT2D eigenvalue weighted by atomic mass is 10.1. The van der Waals surface area contributed by atoms with Crippen molar-refractivity contribution >= 4 is 17.5 Å². The van der Waals surface area contributed by atoms with Crippen molar-refractivity contribution < 1.29 is 9.53 Å². The van der Waals surface area contributed by atoms with Crippen molar-refractivity contribution in [1.82, 2.24) is 4.90 Å². The average Bonchev–Trinajstić information content (AvgIpc) is 2.46. The van der Waals surface area contributed by atoms with Crippen LogP contribution >= 0.6 is 11.6 Å². The van der Waals surface area contributed by atoms with Crippen molar-refractivity contribution in [2.24, 2.45) is 5.73 Å². The number of likely N-dealkylation sites (tertiary alicyclic amines) is 1. The van der Waals surface area contributed by atoms with E-state index in [0.717, 1.165) is 38.1 Å². The first kappa shape index (κ1) is 15.1. The maximum absolute atomic E-state index is 12.0. The van der Waals surface area contributed by atoms with Crippen molar-refractivity contribution in [3.05, 3.63) is 29.3 Å². The van der Waals surface area contributed by atoms with Crippen LogP contribution in [0.1, 0.15) is 25.7 Å². The van der Waals surface area contributed by atoms with Crippen molar-refractivity contribution in [2.45, 2.75) is 31.7 Å². The number of piperidine rings is 1. The zero-order valence-corrected chi connectivity index (χ0v) is 12.3. The Morgan fingerprint density at radius 2 is 1.95 bits per heavy atom. The summed E-state index contributed by atoms with van der Waals surface area (Å²) in [5.41, 5.74) is 5.83. The highest BCUT2D eigenvalue weighted by atomic mass is 35.5. The van der Waals surface area contributed by atoms with Crippen molar-refractivity contribution in [3.8, 4) is 5.75 Å². The minimum Gasteiger partial charge on any atom is -0.494 e. The number of nitrogens with zero attached hydrogens (tertiary/aromatic N) is 1. The van der Waals surface area contributed by atoms with E-state index >= 15 is 0 Å². The second-order valence-electron chi connectivity index (χ2n) is 5.12. The summed E-state index contributed by atoms with van der Waals surface area (Å²) in [5.74, 6) is 0.988. The molecule has 0 saturated carbocycles. The largest absolute Gasteiger partial charge is 0.494 e. The summed E-state index contributed by atoms with van der Waals surface area (Å²) in [7, 11) is 0. The summed E-state index contributed by atoms with van der Waals surface area (Å²) in [5, 5.41) is 0.691. The predicted molar refractivity (Wildman–Crippen MR) is 80.0 cm³/mol. The van der Waals surface area contributed by atoms with Crippen LogP contribution in [0.3, 0.4) is 0 Å². The molecule has 1 saturated heterocycles. The van der Waals surface area contributed by atoms with Crippen LogP contribution in [-0.4, -0.2) is 36.5 Å². The normalized spacial score (nSPS) is 16.2. The van der Waals surface area contributed by atoms with Crippen LogP contribution in [-0.2, 0) is 4.79 Å². The molecular weight excluding hydrogens is 276 g/mol. The number of carbonyl (C=O) groups is 1. The molecule has 1 aromatic rings. The number of rotatable bonds is 5. The van der Waals surface area contributed by atoms with Gasteiger partial charge in [0, 0.05) is 30.6 Å². The van der Waals surface area contributed by atoms with Crippen LogP contribution in [0.5, 0.6) is 5.75 Å². The number of amides is 1. The molecular formula is C15H21ClN2O2. The molecule has 1 heterocycles. The molecule has 4 nitrogen and oxygen atoms in total. The minimum absolute atomic E-state index is 0.205. The average molecular weight is 297 g/mol. The fraction of sp³-hybridized carbons (Fsp3) is 0.533. The molecule has 0 unspecified atom stereocenters. The number of benzene rings is 1. The molecule has 110 valence electrons. The quantitative estimate of drug-likeness (QED) is 0.849. The van der Waals surface area contributed by atoms with Gasteiger partial charge in [0.1, 0.15) is 5.75 Å². The molecule has 1 aromatic carbocycles. The summed E-state index contributed by atoms with van der Waals surface area (Å²) in [4.78, 5) is 13.9. The Bertz CT molecular complexity index is 428. The smallest absolute Gasteiger partial charge is 0.222 e. The lowest BCUT2D eigenvalue weighted by Crippen LogP contribution is -2.42. The van der Waals surface area contributed by atoms with E-state index in [1.807, 2.05) is 17.0 Å². The molecule has 1 amide bonds. The fourth-order valence-electron chi connectivity index (χ4n) is 2.25. The third-order valence-electron chi connectivity index (χ3n) is 3.51. The molecule has 5 heteroatoms. The van der Waals surface area contributed by atoms with Gasteiger partial charge in [-0.25, -0.2) is 0 Å². The van der Waals surface area contributed by atoms with Gasteiger partial charge in [0.25, 0.3) is 0 Å². The molecule has 0 aliphatic carbocycles. The Kier molecular flexibility index (Phi) is 5.68. The van der Waals surface area contributed by atoms with E-state index in [0.29, 0.717) is 18.1 Å². The molecule has 2 N–H and O–H groups in total. The van der Waals surface area contributed by atoms with Gasteiger partial charge >= 0.3 is 0 Å². The van der Waals surface area contributed by atoms with Gasteiger partial charge in [-0.2, -0.15) is 0 Å². The molecule has 0 radical (unpaired) electrons. The molecule has 0 spiro atoms. The number of halogens is 1. The van der Waals surface area contributed by atoms with Crippen LogP contribution < -0.4 is 10.5 Å². The SMILES string of the molecule is NC1CCN(C(=O)CCCOc2ccc(Cl)cc2)CC1. The van der Waals surface area contributed by atoms with E-state index < -0.39 is 0 Å². The van der Waals surface area contributed by atoms with E-state index in [4.69, 9.17) is 22.1 Å². The van der Waals surface area contributed by atoms with Gasteiger partial charge in [-0.15, -0.1) is 0 Å². The Morgan fingerprint density at radius 3 is 2.60 bits per heavy atom. The fourth-order valence-corrected chi connectivity index (χ4v) is 2.38. The van der Waals surface area contributed by atoms with Crippen LogP contribution in [0, 0.1) is 0 Å². The first-order chi connectivity index (χ1) is 9.65. The monoisotopic (exact) mass is 296 g/mol. The lowest BCUT2D eigenvalue weighted by molar-refractivity contribution is -0.132. The van der Waals surface area contributed by atoms with Gasteiger partial charge in [-0.1, -0.05) is 11.6 Å². The van der Waals surface area contributed by atoms with Gasteiger partial charge in [-0.3, -0.25) is 4.79 Å². The highest BCUT2D eigenvalue weighted by Gasteiger charge is 2.19. The maximum atomic E-state index is 12.0. The maximum Gasteiger partial charge on any atom is 0.222 e. The van der Waals surface area contributed by atoms with E-state index in [1.165, 1.54) is 0 Å². The van der Waals surface area contributed by atoms with Crippen LogP contribution in [0.15, 0.2) is 24.3 Å². The predicted octanol–water partition coefficient (Wildman–Crippen LogP) is 2.45. The third-order valence-corrected chi connectivity index (χ3v) is 3.76. The number of hydrogen-bond donors (Lipinski definition) is 1. The van der Waals surface area contributed by atoms with Crippen molar-refractivity contribution in [1.29, 1.82) is 0 Å². The molecule has 2 rings (SSSR count).